The van der Waals surface area contributed by atoms with Crippen molar-refractivity contribution in [2.75, 3.05) is 5.32 Å². The highest BCUT2D eigenvalue weighted by Gasteiger charge is 2.31. The van der Waals surface area contributed by atoms with Crippen molar-refractivity contribution >= 4 is 17.3 Å². The molecule has 0 unspecified atom stereocenters. The first kappa shape index (κ1) is 15.4. The molecule has 0 fully saturated rings. The van der Waals surface area contributed by atoms with Crippen LogP contribution in [0.15, 0.2) is 36.4 Å². The number of nitrogens with one attached hydrogen (secondary N) is 1. The quantitative estimate of drug-likeness (QED) is 0.795. The minimum atomic E-state index is -4.56. The number of phenols is 1. The van der Waals surface area contributed by atoms with Crippen LogP contribution in [0.5, 0.6) is 5.75 Å². The minimum absolute atomic E-state index is 0.107. The summed E-state index contributed by atoms with van der Waals surface area (Å²) in [5.41, 5.74) is -1.00. The molecule has 2 N–H and O–H groups in total. The van der Waals surface area contributed by atoms with Gasteiger partial charge in [0.05, 0.1) is 11.3 Å². The van der Waals surface area contributed by atoms with Gasteiger partial charge in [-0.15, -0.1) is 0 Å². The maximum absolute atomic E-state index is 13.5. The van der Waals surface area contributed by atoms with Crippen molar-refractivity contribution in [1.82, 2.24) is 0 Å². The van der Waals surface area contributed by atoms with Gasteiger partial charge in [0, 0.05) is 17.1 Å². The van der Waals surface area contributed by atoms with Crippen LogP contribution in [0, 0.1) is 5.82 Å². The molecule has 2 rings (SSSR count). The van der Waals surface area contributed by atoms with Crippen molar-refractivity contribution < 1.29 is 22.7 Å². The van der Waals surface area contributed by atoms with Crippen LogP contribution >= 0.6 is 11.6 Å². The average molecular weight is 320 g/mol. The Morgan fingerprint density at radius 3 is 2.48 bits per heavy atom. The molecule has 2 nitrogen and oxygen atoms in total. The lowest BCUT2D eigenvalue weighted by molar-refractivity contribution is -0.137. The highest BCUT2D eigenvalue weighted by Crippen LogP contribution is 2.32. The van der Waals surface area contributed by atoms with Crippen LogP contribution in [0.4, 0.5) is 23.2 Å². The van der Waals surface area contributed by atoms with E-state index in [2.05, 4.69) is 5.32 Å². The molecule has 0 radical (unpaired) electrons. The third kappa shape index (κ3) is 3.58. The van der Waals surface area contributed by atoms with Gasteiger partial charge in [-0.3, -0.25) is 0 Å². The summed E-state index contributed by atoms with van der Waals surface area (Å²) >= 11 is 5.87. The SMILES string of the molecule is Oc1cccc(Cl)c1CNc1cc(C(F)(F)F)ccc1F. The van der Waals surface area contributed by atoms with Gasteiger partial charge in [0.2, 0.25) is 0 Å². The molecular formula is C14H10ClF4NO. The van der Waals surface area contributed by atoms with Crippen LogP contribution in [0.2, 0.25) is 5.02 Å². The molecule has 0 heterocycles. The first-order chi connectivity index (χ1) is 9.79. The number of halogens is 5. The average Bonchev–Trinajstić information content (AvgIpc) is 2.38. The van der Waals surface area contributed by atoms with E-state index in [1.807, 2.05) is 0 Å². The maximum atomic E-state index is 13.5. The van der Waals surface area contributed by atoms with Crippen LogP contribution in [0.3, 0.4) is 0 Å². The summed E-state index contributed by atoms with van der Waals surface area (Å²) in [4.78, 5) is 0. The zero-order chi connectivity index (χ0) is 15.6. The third-order valence-corrected chi connectivity index (χ3v) is 3.20. The van der Waals surface area contributed by atoms with Crippen LogP contribution in [0.1, 0.15) is 11.1 Å². The van der Waals surface area contributed by atoms with Crippen molar-refractivity contribution in [3.63, 3.8) is 0 Å². The second-order valence-corrected chi connectivity index (χ2v) is 4.69. The second kappa shape index (κ2) is 5.81. The predicted molar refractivity (Wildman–Crippen MR) is 71.8 cm³/mol. The summed E-state index contributed by atoms with van der Waals surface area (Å²) in [6.07, 6.45) is -4.56. The van der Waals surface area contributed by atoms with Gasteiger partial charge >= 0.3 is 6.18 Å². The van der Waals surface area contributed by atoms with E-state index in [-0.39, 0.29) is 28.6 Å². The lowest BCUT2D eigenvalue weighted by atomic mass is 10.1. The largest absolute Gasteiger partial charge is 0.508 e. The Kier molecular flexibility index (Phi) is 4.27. The van der Waals surface area contributed by atoms with Gasteiger partial charge in [-0.2, -0.15) is 13.2 Å². The first-order valence-corrected chi connectivity index (χ1v) is 6.24. The van der Waals surface area contributed by atoms with Crippen molar-refractivity contribution in [3.8, 4) is 5.75 Å². The van der Waals surface area contributed by atoms with Gasteiger partial charge in [-0.25, -0.2) is 4.39 Å². The van der Waals surface area contributed by atoms with Gasteiger partial charge in [0.1, 0.15) is 11.6 Å². The van der Waals surface area contributed by atoms with Gasteiger partial charge in [-0.05, 0) is 30.3 Å². The summed E-state index contributed by atoms with van der Waals surface area (Å²) in [7, 11) is 0. The van der Waals surface area contributed by atoms with E-state index < -0.39 is 17.6 Å². The smallest absolute Gasteiger partial charge is 0.416 e. The summed E-state index contributed by atoms with van der Waals surface area (Å²) in [6, 6.07) is 6.48. The molecule has 0 atom stereocenters. The van der Waals surface area contributed by atoms with Crippen LogP contribution in [-0.4, -0.2) is 5.11 Å². The molecule has 112 valence electrons. The Labute approximate surface area is 123 Å². The second-order valence-electron chi connectivity index (χ2n) is 4.28. The summed E-state index contributed by atoms with van der Waals surface area (Å²) in [5, 5.41) is 12.4. The number of aromatic hydroxyl groups is 1. The molecule has 0 aliphatic carbocycles. The van der Waals surface area contributed by atoms with Crippen molar-refractivity contribution in [1.29, 1.82) is 0 Å². The summed E-state index contributed by atoms with van der Waals surface area (Å²) in [6.45, 7) is -0.107. The molecule has 0 aliphatic heterocycles. The summed E-state index contributed by atoms with van der Waals surface area (Å²) < 4.78 is 51.3. The third-order valence-electron chi connectivity index (χ3n) is 2.84. The Hall–Kier alpha value is -1.95. The molecule has 21 heavy (non-hydrogen) atoms. The molecular weight excluding hydrogens is 310 g/mol. The molecule has 0 amide bonds. The zero-order valence-electron chi connectivity index (χ0n) is 10.5. The van der Waals surface area contributed by atoms with E-state index in [1.54, 1.807) is 0 Å². The van der Waals surface area contributed by atoms with Crippen molar-refractivity contribution in [3.05, 3.63) is 58.4 Å². The number of rotatable bonds is 3. The van der Waals surface area contributed by atoms with Crippen molar-refractivity contribution in [2.24, 2.45) is 0 Å². The van der Waals surface area contributed by atoms with Gasteiger partial charge < -0.3 is 10.4 Å². The van der Waals surface area contributed by atoms with Gasteiger partial charge in [0.25, 0.3) is 0 Å². The van der Waals surface area contributed by atoms with Gasteiger partial charge in [-0.1, -0.05) is 17.7 Å². The molecule has 0 saturated carbocycles. The highest BCUT2D eigenvalue weighted by molar-refractivity contribution is 6.31. The maximum Gasteiger partial charge on any atom is 0.416 e. The monoisotopic (exact) mass is 319 g/mol. The normalized spacial score (nSPS) is 11.5. The molecule has 2 aromatic carbocycles. The molecule has 0 saturated heterocycles. The fraction of sp³-hybridized carbons (Fsp3) is 0.143. The lowest BCUT2D eigenvalue weighted by Crippen LogP contribution is -2.08. The van der Waals surface area contributed by atoms with Crippen LogP contribution < -0.4 is 5.32 Å². The number of alkyl halides is 3. The molecule has 2 aromatic rings. The first-order valence-electron chi connectivity index (χ1n) is 5.86. The zero-order valence-corrected chi connectivity index (χ0v) is 11.3. The number of benzene rings is 2. The molecule has 0 spiro atoms. The Bertz CT molecular complexity index is 638. The van der Waals surface area contributed by atoms with Crippen LogP contribution in [-0.2, 0) is 12.7 Å². The van der Waals surface area contributed by atoms with E-state index in [4.69, 9.17) is 11.6 Å². The highest BCUT2D eigenvalue weighted by atomic mass is 35.5. The molecule has 0 aromatic heterocycles. The number of phenolic OH excluding ortho intramolecular Hbond substituents is 1. The minimum Gasteiger partial charge on any atom is -0.508 e. The number of hydrogen-bond donors (Lipinski definition) is 2. The van der Waals surface area contributed by atoms with E-state index in [0.29, 0.717) is 12.1 Å². The number of hydrogen-bond acceptors (Lipinski definition) is 2. The predicted octanol–water partition coefficient (Wildman–Crippen LogP) is 4.82. The fourth-order valence-electron chi connectivity index (χ4n) is 1.74. The van der Waals surface area contributed by atoms with E-state index in [0.717, 1.165) is 6.07 Å². The van der Waals surface area contributed by atoms with E-state index in [1.165, 1.54) is 18.2 Å². The fourth-order valence-corrected chi connectivity index (χ4v) is 1.98. The Morgan fingerprint density at radius 1 is 1.14 bits per heavy atom. The standard InChI is InChI=1S/C14H10ClF4NO/c15-10-2-1-3-13(21)9(10)7-20-12-6-8(14(17,18)19)4-5-11(12)16/h1-6,20-21H,7H2. The lowest BCUT2D eigenvalue weighted by Gasteiger charge is -2.13. The molecule has 0 aliphatic rings. The van der Waals surface area contributed by atoms with Gasteiger partial charge in [0.15, 0.2) is 0 Å². The Morgan fingerprint density at radius 2 is 1.86 bits per heavy atom. The van der Waals surface area contributed by atoms with Crippen molar-refractivity contribution in [2.45, 2.75) is 12.7 Å². The topological polar surface area (TPSA) is 32.3 Å². The van der Waals surface area contributed by atoms with Crippen LogP contribution in [0.25, 0.3) is 0 Å². The van der Waals surface area contributed by atoms with E-state index >= 15 is 0 Å². The Balaban J connectivity index is 2.24. The molecule has 7 heteroatoms. The number of anilines is 1. The molecule has 0 bridgehead atoms. The summed E-state index contributed by atoms with van der Waals surface area (Å²) in [5.74, 6) is -0.947. The van der Waals surface area contributed by atoms with E-state index in [9.17, 15) is 22.7 Å².